The lowest BCUT2D eigenvalue weighted by Gasteiger charge is -2.32. The smallest absolute Gasteiger partial charge is 0.339 e. The van der Waals surface area contributed by atoms with Gasteiger partial charge in [-0.3, -0.25) is 14.9 Å². The fraction of sp³-hybridized carbons (Fsp3) is 0.381. The zero-order chi connectivity index (χ0) is 22.5. The topological polar surface area (TPSA) is 115 Å². The molecule has 1 amide bonds. The van der Waals surface area contributed by atoms with Crippen LogP contribution in [0.1, 0.15) is 37.0 Å². The first kappa shape index (κ1) is 22.5. The molecule has 9 nitrogen and oxygen atoms in total. The highest BCUT2D eigenvalue weighted by Gasteiger charge is 2.27. The average Bonchev–Trinajstić information content (AvgIpc) is 2.74. The molecule has 0 spiro atoms. The van der Waals surface area contributed by atoms with Crippen LogP contribution in [0.4, 0.5) is 17.1 Å². The van der Waals surface area contributed by atoms with E-state index in [0.29, 0.717) is 11.6 Å². The van der Waals surface area contributed by atoms with E-state index < -0.39 is 22.9 Å². The van der Waals surface area contributed by atoms with Gasteiger partial charge in [0.2, 0.25) is 0 Å². The molecule has 2 heterocycles. The lowest BCUT2D eigenvalue weighted by molar-refractivity contribution is -0.384. The van der Waals surface area contributed by atoms with Gasteiger partial charge in [-0.15, -0.1) is 0 Å². The molecular weight excluding hydrogens is 424 g/mol. The molecule has 1 aromatic heterocycles. The van der Waals surface area contributed by atoms with E-state index in [1.807, 2.05) is 4.90 Å². The second-order valence-corrected chi connectivity index (χ2v) is 7.89. The maximum atomic E-state index is 12.5. The fourth-order valence-corrected chi connectivity index (χ4v) is 3.63. The number of amides is 1. The van der Waals surface area contributed by atoms with Crippen molar-refractivity contribution in [3.05, 3.63) is 57.4 Å². The number of rotatable bonds is 6. The number of anilines is 2. The number of aromatic nitrogens is 1. The van der Waals surface area contributed by atoms with Crippen molar-refractivity contribution in [3.8, 4) is 0 Å². The van der Waals surface area contributed by atoms with Crippen LogP contribution in [0.3, 0.4) is 0 Å². The maximum absolute atomic E-state index is 12.5. The van der Waals surface area contributed by atoms with E-state index in [0.717, 1.165) is 25.9 Å². The zero-order valence-electron chi connectivity index (χ0n) is 17.2. The number of nitro benzene ring substituents is 1. The molecule has 2 unspecified atom stereocenters. The number of nitrogens with one attached hydrogen (secondary N) is 1. The highest BCUT2D eigenvalue weighted by Crippen LogP contribution is 2.32. The number of carbonyl (C=O) groups excluding carboxylic acids is 2. The number of carbonyl (C=O) groups is 2. The molecular formula is C21H23ClN4O5. The summed E-state index contributed by atoms with van der Waals surface area (Å²) in [5, 5.41) is 14.3. The number of benzene rings is 1. The number of esters is 1. The number of hydrogen-bond acceptors (Lipinski definition) is 7. The summed E-state index contributed by atoms with van der Waals surface area (Å²) in [5.41, 5.74) is 0.597. The van der Waals surface area contributed by atoms with Gasteiger partial charge in [-0.1, -0.05) is 18.5 Å². The third-order valence-corrected chi connectivity index (χ3v) is 5.38. The van der Waals surface area contributed by atoms with E-state index in [9.17, 15) is 19.7 Å². The van der Waals surface area contributed by atoms with E-state index in [1.54, 1.807) is 18.2 Å². The van der Waals surface area contributed by atoms with Crippen molar-refractivity contribution in [1.29, 1.82) is 0 Å². The molecule has 1 aliphatic heterocycles. The highest BCUT2D eigenvalue weighted by atomic mass is 35.5. The van der Waals surface area contributed by atoms with Crippen LogP contribution in [-0.2, 0) is 9.53 Å². The zero-order valence-corrected chi connectivity index (χ0v) is 18.0. The number of nitrogens with zero attached hydrogens (tertiary/aromatic N) is 3. The van der Waals surface area contributed by atoms with Crippen LogP contribution < -0.4 is 10.2 Å². The number of pyridine rings is 1. The summed E-state index contributed by atoms with van der Waals surface area (Å²) in [5.74, 6) is -0.996. The average molecular weight is 447 g/mol. The number of hydrogen-bond donors (Lipinski definition) is 1. The summed E-state index contributed by atoms with van der Waals surface area (Å²) >= 11 is 5.91. The third-order valence-electron chi connectivity index (χ3n) is 5.08. The Morgan fingerprint density at radius 1 is 1.39 bits per heavy atom. The molecule has 1 aliphatic rings. The molecule has 2 aromatic rings. The Morgan fingerprint density at radius 3 is 2.84 bits per heavy atom. The first-order chi connectivity index (χ1) is 14.8. The first-order valence-electron chi connectivity index (χ1n) is 9.92. The number of halogens is 1. The van der Waals surface area contributed by atoms with Crippen LogP contribution in [0.5, 0.6) is 0 Å². The van der Waals surface area contributed by atoms with Gasteiger partial charge in [0.25, 0.3) is 11.6 Å². The van der Waals surface area contributed by atoms with E-state index in [2.05, 4.69) is 17.2 Å². The molecule has 10 heteroatoms. The van der Waals surface area contributed by atoms with Crippen LogP contribution in [0.2, 0.25) is 5.15 Å². The van der Waals surface area contributed by atoms with Crippen molar-refractivity contribution < 1.29 is 19.2 Å². The van der Waals surface area contributed by atoms with Gasteiger partial charge < -0.3 is 15.0 Å². The van der Waals surface area contributed by atoms with Crippen molar-refractivity contribution in [1.82, 2.24) is 4.98 Å². The Kier molecular flexibility index (Phi) is 7.06. The third kappa shape index (κ3) is 5.49. The largest absolute Gasteiger partial charge is 0.449 e. The van der Waals surface area contributed by atoms with Gasteiger partial charge in [0, 0.05) is 25.4 Å². The number of nitro groups is 1. The predicted molar refractivity (Wildman–Crippen MR) is 116 cm³/mol. The molecule has 0 bridgehead atoms. The van der Waals surface area contributed by atoms with Gasteiger partial charge in [0.1, 0.15) is 5.69 Å². The molecule has 1 N–H and O–H groups in total. The standard InChI is InChI=1S/C21H23ClN4O5/c1-13-5-4-10-25(12-13)17-8-7-15(11-18(17)26(29)30)21(28)31-14(2)20(27)24-16-6-3-9-23-19(16)22/h3,6-9,11,13-14H,4-5,10,12H2,1-2H3,(H,24,27). The van der Waals surface area contributed by atoms with Gasteiger partial charge in [-0.05, 0) is 49.9 Å². The molecule has 0 radical (unpaired) electrons. The Bertz CT molecular complexity index is 999. The molecule has 0 aliphatic carbocycles. The van der Waals surface area contributed by atoms with Crippen molar-refractivity contribution in [2.75, 3.05) is 23.3 Å². The van der Waals surface area contributed by atoms with Gasteiger partial charge in [-0.25, -0.2) is 9.78 Å². The van der Waals surface area contributed by atoms with E-state index in [1.165, 1.54) is 25.3 Å². The molecule has 3 rings (SSSR count). The first-order valence-corrected chi connectivity index (χ1v) is 10.3. The maximum Gasteiger partial charge on any atom is 0.339 e. The summed E-state index contributed by atoms with van der Waals surface area (Å²) < 4.78 is 5.20. The number of ether oxygens (including phenoxy) is 1. The lowest BCUT2D eigenvalue weighted by atomic mass is 9.99. The molecule has 1 aromatic carbocycles. The summed E-state index contributed by atoms with van der Waals surface area (Å²) in [6, 6.07) is 7.40. The van der Waals surface area contributed by atoms with Crippen molar-refractivity contribution in [2.24, 2.45) is 5.92 Å². The molecule has 1 saturated heterocycles. The van der Waals surface area contributed by atoms with E-state index in [4.69, 9.17) is 16.3 Å². The quantitative estimate of drug-likeness (QED) is 0.308. The fourth-order valence-electron chi connectivity index (χ4n) is 3.47. The van der Waals surface area contributed by atoms with Crippen molar-refractivity contribution in [2.45, 2.75) is 32.8 Å². The number of piperidine rings is 1. The minimum Gasteiger partial charge on any atom is -0.449 e. The molecule has 1 fully saturated rings. The molecule has 31 heavy (non-hydrogen) atoms. The monoisotopic (exact) mass is 446 g/mol. The lowest BCUT2D eigenvalue weighted by Crippen LogP contribution is -2.34. The Balaban J connectivity index is 1.72. The second-order valence-electron chi connectivity index (χ2n) is 7.53. The van der Waals surface area contributed by atoms with Gasteiger partial charge >= 0.3 is 5.97 Å². The summed E-state index contributed by atoms with van der Waals surface area (Å²) in [7, 11) is 0. The highest BCUT2D eigenvalue weighted by molar-refractivity contribution is 6.32. The van der Waals surface area contributed by atoms with Gasteiger partial charge in [-0.2, -0.15) is 0 Å². The normalized spacial score (nSPS) is 17.0. The summed E-state index contributed by atoms with van der Waals surface area (Å²) in [6.07, 6.45) is 2.36. The Labute approximate surface area is 184 Å². The molecule has 0 saturated carbocycles. The van der Waals surface area contributed by atoms with E-state index in [-0.39, 0.29) is 22.1 Å². The van der Waals surface area contributed by atoms with Gasteiger partial charge in [0.15, 0.2) is 11.3 Å². The van der Waals surface area contributed by atoms with E-state index >= 15 is 0 Å². The van der Waals surface area contributed by atoms with Gasteiger partial charge in [0.05, 0.1) is 16.2 Å². The Hall–Kier alpha value is -3.20. The van der Waals surface area contributed by atoms with Crippen molar-refractivity contribution in [3.63, 3.8) is 0 Å². The minimum atomic E-state index is -1.15. The molecule has 164 valence electrons. The van der Waals surface area contributed by atoms with Crippen LogP contribution >= 0.6 is 11.6 Å². The summed E-state index contributed by atoms with van der Waals surface area (Å²) in [4.78, 5) is 41.8. The van der Waals surface area contributed by atoms with Crippen LogP contribution in [-0.4, -0.2) is 41.0 Å². The predicted octanol–water partition coefficient (Wildman–Crippen LogP) is 4.06. The van der Waals surface area contributed by atoms with Crippen molar-refractivity contribution >= 4 is 40.5 Å². The minimum absolute atomic E-state index is 0.000400. The van der Waals surface area contributed by atoms with Crippen LogP contribution in [0, 0.1) is 16.0 Å². The molecule has 2 atom stereocenters. The second kappa shape index (κ2) is 9.74. The van der Waals surface area contributed by atoms with Crippen LogP contribution in [0.25, 0.3) is 0 Å². The Morgan fingerprint density at radius 2 is 2.16 bits per heavy atom. The van der Waals surface area contributed by atoms with Crippen LogP contribution in [0.15, 0.2) is 36.5 Å². The SMILES string of the molecule is CC1CCCN(c2ccc(C(=O)OC(C)C(=O)Nc3cccnc3Cl)cc2[N+](=O)[O-])C1. The summed E-state index contributed by atoms with van der Waals surface area (Å²) in [6.45, 7) is 4.95.